The third-order valence-electron chi connectivity index (χ3n) is 9.33. The normalized spacial score (nSPS) is 13.3. The molecule has 54 heavy (non-hydrogen) atoms. The summed E-state index contributed by atoms with van der Waals surface area (Å²) in [6.45, 7) is 12.7. The second kappa shape index (κ2) is 15.4. The van der Waals surface area contributed by atoms with Gasteiger partial charge in [-0.25, -0.2) is 4.98 Å². The maximum Gasteiger partial charge on any atom is 0.416 e. The minimum Gasteiger partial charge on any atom is -0.358 e. The third-order valence-corrected chi connectivity index (χ3v) is 9.33. The fourth-order valence-electron chi connectivity index (χ4n) is 6.44. The number of halogens is 3. The molecule has 0 unspecified atom stereocenters. The summed E-state index contributed by atoms with van der Waals surface area (Å²) in [6.07, 6.45) is 0.0488. The molecule has 2 aromatic heterocycles. The molecule has 0 aliphatic carbocycles. The number of fused-ring (bicyclic) bond motifs is 1. The Morgan fingerprint density at radius 3 is 2.39 bits per heavy atom. The Balaban J connectivity index is 1.16. The number of nitrogens with one attached hydrogen (secondary N) is 5. The van der Waals surface area contributed by atoms with Gasteiger partial charge in [0.15, 0.2) is 0 Å². The number of nitrogens with zero attached hydrogens (tertiary/aromatic N) is 3. The average Bonchev–Trinajstić information content (AvgIpc) is 3.79. The number of anilines is 4. The molecular weight excluding hydrogens is 697 g/mol. The van der Waals surface area contributed by atoms with Crippen LogP contribution in [0.5, 0.6) is 0 Å². The zero-order chi connectivity index (χ0) is 38.7. The highest BCUT2D eigenvalue weighted by Crippen LogP contribution is 2.37. The fraction of sp³-hybridized carbons (Fsp3) is 0.250. The number of H-pyrrole nitrogens is 1. The second-order valence-corrected chi connectivity index (χ2v) is 13.1. The molecule has 14 heteroatoms. The molecule has 1 aliphatic rings. The van der Waals surface area contributed by atoms with E-state index in [1.165, 1.54) is 17.0 Å². The van der Waals surface area contributed by atoms with Gasteiger partial charge < -0.3 is 35.7 Å². The highest BCUT2D eigenvalue weighted by molar-refractivity contribution is 6.35. The number of alkyl halides is 3. The van der Waals surface area contributed by atoms with Gasteiger partial charge in [0, 0.05) is 64.6 Å². The van der Waals surface area contributed by atoms with Crippen molar-refractivity contribution in [1.82, 2.24) is 24.8 Å². The van der Waals surface area contributed by atoms with Crippen molar-refractivity contribution in [2.45, 2.75) is 40.8 Å². The molecule has 6 rings (SSSR count). The Morgan fingerprint density at radius 2 is 1.69 bits per heavy atom. The summed E-state index contributed by atoms with van der Waals surface area (Å²) in [4.78, 5) is 49.0. The number of carbonyl (C=O) groups excluding carboxylic acids is 3. The lowest BCUT2D eigenvalue weighted by Crippen LogP contribution is -2.35. The number of carbonyl (C=O) groups is 3. The summed E-state index contributed by atoms with van der Waals surface area (Å²) < 4.78 is 42.7. The first-order valence-electron chi connectivity index (χ1n) is 17.5. The molecular formula is C40H41F3N8O3. The molecule has 3 amide bonds. The van der Waals surface area contributed by atoms with Crippen LogP contribution in [0, 0.1) is 20.8 Å². The first-order chi connectivity index (χ1) is 25.7. The lowest BCUT2D eigenvalue weighted by molar-refractivity contribution is -0.137. The molecule has 0 atom stereocenters. The maximum atomic E-state index is 13.8. The number of aromatic nitrogens is 3. The summed E-state index contributed by atoms with van der Waals surface area (Å²) in [5, 5.41) is 11.9. The van der Waals surface area contributed by atoms with Crippen molar-refractivity contribution in [1.29, 1.82) is 0 Å². The van der Waals surface area contributed by atoms with Gasteiger partial charge in [-0.3, -0.25) is 14.4 Å². The van der Waals surface area contributed by atoms with E-state index in [0.29, 0.717) is 63.1 Å². The van der Waals surface area contributed by atoms with Gasteiger partial charge in [-0.15, -0.1) is 0 Å². The Morgan fingerprint density at radius 1 is 0.944 bits per heavy atom. The minimum absolute atomic E-state index is 0.153. The van der Waals surface area contributed by atoms with Gasteiger partial charge in [0.25, 0.3) is 17.7 Å². The van der Waals surface area contributed by atoms with Crippen molar-refractivity contribution < 1.29 is 27.6 Å². The smallest absolute Gasteiger partial charge is 0.358 e. The number of hydrogen-bond donors (Lipinski definition) is 5. The zero-order valence-corrected chi connectivity index (χ0v) is 30.5. The Labute approximate surface area is 310 Å². The molecule has 3 heterocycles. The summed E-state index contributed by atoms with van der Waals surface area (Å²) >= 11 is 0. The van der Waals surface area contributed by atoms with E-state index in [1.807, 2.05) is 26.0 Å². The van der Waals surface area contributed by atoms with E-state index in [0.717, 1.165) is 37.3 Å². The summed E-state index contributed by atoms with van der Waals surface area (Å²) in [5.74, 6) is -1.17. The average molecular weight is 739 g/mol. The van der Waals surface area contributed by atoms with Gasteiger partial charge in [0.1, 0.15) is 0 Å². The van der Waals surface area contributed by atoms with E-state index in [2.05, 4.69) is 50.0 Å². The minimum atomic E-state index is -4.66. The van der Waals surface area contributed by atoms with Crippen LogP contribution in [0.2, 0.25) is 0 Å². The number of aromatic amines is 1. The van der Waals surface area contributed by atoms with Gasteiger partial charge in [-0.2, -0.15) is 13.2 Å². The molecule has 0 bridgehead atoms. The number of hydrogen-bond acceptors (Lipinski definition) is 6. The van der Waals surface area contributed by atoms with Crippen molar-refractivity contribution in [3.05, 3.63) is 118 Å². The number of benzene rings is 3. The standard InChI is InChI=1S/C40H41F3N8O3/c1-6-50(7-2)14-13-44-39(54)36-24(4)34(46-25(36)5)20-33-32-12-11-30(19-35(32)49-38(33)53)47-28-9-8-10-29(18-28)48-37(52)26-15-27(40(41,42)43)17-31(16-26)51-21-23(3)45-22-51/h8-12,15-22,46-47H,6-7,13-14H2,1-5H3,(H,44,54)(H,48,52)(H,49,53). The molecule has 11 nitrogen and oxygen atoms in total. The predicted molar refractivity (Wildman–Crippen MR) is 204 cm³/mol. The van der Waals surface area contributed by atoms with Gasteiger partial charge in [-0.05, 0) is 94.0 Å². The first-order valence-corrected chi connectivity index (χ1v) is 17.5. The second-order valence-electron chi connectivity index (χ2n) is 13.1. The van der Waals surface area contributed by atoms with Crippen LogP contribution in [-0.2, 0) is 11.0 Å². The molecule has 3 aromatic carbocycles. The van der Waals surface area contributed by atoms with Crippen LogP contribution in [0.15, 0.2) is 73.2 Å². The summed E-state index contributed by atoms with van der Waals surface area (Å²) in [7, 11) is 0. The quantitative estimate of drug-likeness (QED) is 0.0833. The fourth-order valence-corrected chi connectivity index (χ4v) is 6.44. The Hall–Kier alpha value is -6.15. The topological polar surface area (TPSA) is 136 Å². The van der Waals surface area contributed by atoms with Gasteiger partial charge in [0.05, 0.1) is 34.4 Å². The molecule has 5 aromatic rings. The van der Waals surface area contributed by atoms with E-state index in [-0.39, 0.29) is 23.1 Å². The number of likely N-dealkylation sites (N-methyl/N-ethyl adjacent to an activating group) is 1. The molecule has 0 saturated carbocycles. The van der Waals surface area contributed by atoms with Crippen LogP contribution < -0.4 is 21.3 Å². The lowest BCUT2D eigenvalue weighted by Gasteiger charge is -2.18. The van der Waals surface area contributed by atoms with Crippen LogP contribution in [0.1, 0.15) is 68.3 Å². The Bertz CT molecular complexity index is 2270. The Kier molecular flexibility index (Phi) is 10.8. The predicted octanol–water partition coefficient (Wildman–Crippen LogP) is 7.70. The van der Waals surface area contributed by atoms with Crippen molar-refractivity contribution in [3.8, 4) is 5.69 Å². The van der Waals surface area contributed by atoms with Crippen molar-refractivity contribution >= 4 is 52.1 Å². The van der Waals surface area contributed by atoms with Crippen LogP contribution in [-0.4, -0.2) is 63.3 Å². The van der Waals surface area contributed by atoms with Crippen molar-refractivity contribution in [2.24, 2.45) is 0 Å². The molecule has 0 fully saturated rings. The van der Waals surface area contributed by atoms with Gasteiger partial charge in [-0.1, -0.05) is 26.0 Å². The maximum absolute atomic E-state index is 13.8. The number of aryl methyl sites for hydroxylation is 2. The van der Waals surface area contributed by atoms with E-state index < -0.39 is 17.6 Å². The van der Waals surface area contributed by atoms with Crippen LogP contribution >= 0.6 is 0 Å². The monoisotopic (exact) mass is 738 g/mol. The van der Waals surface area contributed by atoms with Crippen molar-refractivity contribution in [2.75, 3.05) is 42.1 Å². The largest absolute Gasteiger partial charge is 0.416 e. The first kappa shape index (κ1) is 37.6. The highest BCUT2D eigenvalue weighted by atomic mass is 19.4. The molecule has 0 spiro atoms. The van der Waals surface area contributed by atoms with E-state index in [1.54, 1.807) is 49.5 Å². The van der Waals surface area contributed by atoms with Gasteiger partial charge >= 0.3 is 6.18 Å². The van der Waals surface area contributed by atoms with Crippen LogP contribution in [0.25, 0.3) is 17.3 Å². The molecule has 5 N–H and O–H groups in total. The summed E-state index contributed by atoms with van der Waals surface area (Å²) in [6, 6.07) is 15.3. The summed E-state index contributed by atoms with van der Waals surface area (Å²) in [5.41, 5.74) is 5.63. The van der Waals surface area contributed by atoms with E-state index in [4.69, 9.17) is 0 Å². The molecule has 0 saturated heterocycles. The van der Waals surface area contributed by atoms with Crippen LogP contribution in [0.4, 0.5) is 35.9 Å². The molecule has 0 radical (unpaired) electrons. The van der Waals surface area contributed by atoms with Crippen molar-refractivity contribution in [3.63, 3.8) is 0 Å². The number of rotatable bonds is 12. The number of amides is 3. The SMILES string of the molecule is CCN(CC)CCNC(=O)c1c(C)[nH]c(C=C2C(=O)Nc3cc(Nc4cccc(NC(=O)c5cc(-n6cnc(C)c6)cc(C(F)(F)F)c5)c4)ccc32)c1C. The van der Waals surface area contributed by atoms with Crippen LogP contribution in [0.3, 0.4) is 0 Å². The third kappa shape index (κ3) is 8.23. The lowest BCUT2D eigenvalue weighted by atomic mass is 10.0. The zero-order valence-electron chi connectivity index (χ0n) is 30.5. The van der Waals surface area contributed by atoms with E-state index in [9.17, 15) is 27.6 Å². The highest BCUT2D eigenvalue weighted by Gasteiger charge is 2.32. The van der Waals surface area contributed by atoms with E-state index >= 15 is 0 Å². The number of imidazole rings is 1. The molecule has 1 aliphatic heterocycles. The van der Waals surface area contributed by atoms with Gasteiger partial charge in [0.2, 0.25) is 0 Å². The molecule has 280 valence electrons.